The maximum Gasteiger partial charge on any atom is 0.256 e. The second kappa shape index (κ2) is 4.37. The molecule has 1 aromatic heterocycles. The predicted molar refractivity (Wildman–Crippen MR) is 62.7 cm³/mol. The molecule has 2 aromatic rings. The van der Waals surface area contributed by atoms with E-state index in [1.165, 1.54) is 0 Å². The molecule has 0 aliphatic carbocycles. The van der Waals surface area contributed by atoms with E-state index in [1.807, 2.05) is 6.92 Å². The molecule has 0 bridgehead atoms. The zero-order valence-electron chi connectivity index (χ0n) is 8.62. The predicted octanol–water partition coefficient (Wildman–Crippen LogP) is 2.62. The summed E-state index contributed by atoms with van der Waals surface area (Å²) in [5.74, 6) is 0.389. The number of nitrogens with zero attached hydrogens (tertiary/aromatic N) is 1. The lowest BCUT2D eigenvalue weighted by atomic mass is 10.2. The van der Waals surface area contributed by atoms with E-state index in [1.54, 1.807) is 30.5 Å². The van der Waals surface area contributed by atoms with Crippen LogP contribution >= 0.6 is 11.6 Å². The molecule has 1 heterocycles. The number of aromatic amines is 1. The summed E-state index contributed by atoms with van der Waals surface area (Å²) in [4.78, 5) is 11.8. The van der Waals surface area contributed by atoms with Crippen molar-refractivity contribution in [3.05, 3.63) is 46.6 Å². The molecule has 2 N–H and O–H groups in total. The molecule has 2 rings (SSSR count). The first kappa shape index (κ1) is 10.7. The van der Waals surface area contributed by atoms with Crippen LogP contribution in [0.5, 0.6) is 0 Å². The van der Waals surface area contributed by atoms with Crippen LogP contribution in [-0.4, -0.2) is 16.1 Å². The molecule has 0 unspecified atom stereocenters. The molecule has 5 heteroatoms. The number of nitrogens with one attached hydrogen (secondary N) is 2. The van der Waals surface area contributed by atoms with Crippen LogP contribution in [0.4, 0.5) is 5.82 Å². The lowest BCUT2D eigenvalue weighted by molar-refractivity contribution is 0.102. The number of aryl methyl sites for hydroxylation is 1. The minimum atomic E-state index is -0.213. The van der Waals surface area contributed by atoms with Crippen molar-refractivity contribution in [1.82, 2.24) is 10.2 Å². The molecule has 0 atom stereocenters. The van der Waals surface area contributed by atoms with Gasteiger partial charge in [-0.1, -0.05) is 17.7 Å². The van der Waals surface area contributed by atoms with Gasteiger partial charge in [-0.05, 0) is 25.1 Å². The second-order valence-corrected chi connectivity index (χ2v) is 3.83. The van der Waals surface area contributed by atoms with Crippen molar-refractivity contribution in [2.75, 3.05) is 5.32 Å². The number of H-pyrrole nitrogens is 1. The minimum absolute atomic E-state index is 0.213. The van der Waals surface area contributed by atoms with E-state index in [4.69, 9.17) is 11.6 Å². The van der Waals surface area contributed by atoms with Gasteiger partial charge >= 0.3 is 0 Å². The molecular weight excluding hydrogens is 226 g/mol. The Morgan fingerprint density at radius 3 is 2.94 bits per heavy atom. The van der Waals surface area contributed by atoms with E-state index >= 15 is 0 Å². The van der Waals surface area contributed by atoms with Gasteiger partial charge < -0.3 is 5.32 Å². The Morgan fingerprint density at radius 2 is 2.31 bits per heavy atom. The number of aromatic nitrogens is 2. The summed E-state index contributed by atoms with van der Waals surface area (Å²) in [5.41, 5.74) is 1.40. The molecular formula is C11H10ClN3O. The molecule has 1 amide bonds. The molecule has 82 valence electrons. The van der Waals surface area contributed by atoms with E-state index in [0.29, 0.717) is 16.4 Å². The van der Waals surface area contributed by atoms with Gasteiger partial charge in [0.1, 0.15) is 5.82 Å². The Bertz CT molecular complexity index is 521. The van der Waals surface area contributed by atoms with Gasteiger partial charge in [0.05, 0.1) is 6.20 Å². The lowest BCUT2D eigenvalue weighted by Gasteiger charge is -2.03. The maximum atomic E-state index is 11.8. The van der Waals surface area contributed by atoms with Crippen molar-refractivity contribution in [3.8, 4) is 0 Å². The first-order valence-corrected chi connectivity index (χ1v) is 5.11. The molecule has 0 aliphatic rings. The fourth-order valence-corrected chi connectivity index (χ4v) is 1.48. The Morgan fingerprint density at radius 1 is 1.50 bits per heavy atom. The summed E-state index contributed by atoms with van der Waals surface area (Å²) in [7, 11) is 0. The number of anilines is 1. The van der Waals surface area contributed by atoms with Gasteiger partial charge in [-0.15, -0.1) is 0 Å². The zero-order chi connectivity index (χ0) is 11.5. The summed E-state index contributed by atoms with van der Waals surface area (Å²) in [6.07, 6.45) is 1.65. The minimum Gasteiger partial charge on any atom is -0.307 e. The first-order chi connectivity index (χ1) is 7.66. The average molecular weight is 236 g/mol. The molecule has 0 saturated carbocycles. The largest absolute Gasteiger partial charge is 0.307 e. The van der Waals surface area contributed by atoms with Crippen LogP contribution in [0.15, 0.2) is 30.5 Å². The van der Waals surface area contributed by atoms with Crippen molar-refractivity contribution >= 4 is 23.3 Å². The lowest BCUT2D eigenvalue weighted by Crippen LogP contribution is -2.12. The number of hydrogen-bond acceptors (Lipinski definition) is 2. The third-order valence-electron chi connectivity index (χ3n) is 2.15. The number of benzene rings is 1. The molecule has 0 fully saturated rings. The van der Waals surface area contributed by atoms with Crippen molar-refractivity contribution < 1.29 is 4.79 Å². The third kappa shape index (κ3) is 2.23. The second-order valence-electron chi connectivity index (χ2n) is 3.39. The topological polar surface area (TPSA) is 57.8 Å². The van der Waals surface area contributed by atoms with Crippen molar-refractivity contribution in [2.45, 2.75) is 6.92 Å². The van der Waals surface area contributed by atoms with Crippen LogP contribution in [0.25, 0.3) is 0 Å². The summed E-state index contributed by atoms with van der Waals surface area (Å²) >= 11 is 5.80. The standard InChI is InChI=1S/C11H10ClN3O/c1-7-6-13-15-10(7)14-11(16)8-3-2-4-9(12)5-8/h2-6H,1H3,(H2,13,14,15,16). The van der Waals surface area contributed by atoms with E-state index in [2.05, 4.69) is 15.5 Å². The number of carbonyl (C=O) groups excluding carboxylic acids is 1. The number of halogens is 1. The van der Waals surface area contributed by atoms with Gasteiger partial charge in [0.25, 0.3) is 5.91 Å². The molecule has 4 nitrogen and oxygen atoms in total. The van der Waals surface area contributed by atoms with Gasteiger partial charge in [0.2, 0.25) is 0 Å². The Labute approximate surface area is 97.6 Å². The number of rotatable bonds is 2. The van der Waals surface area contributed by atoms with E-state index < -0.39 is 0 Å². The third-order valence-corrected chi connectivity index (χ3v) is 2.39. The van der Waals surface area contributed by atoms with Crippen LogP contribution < -0.4 is 5.32 Å². The highest BCUT2D eigenvalue weighted by atomic mass is 35.5. The maximum absolute atomic E-state index is 11.8. The van der Waals surface area contributed by atoms with Crippen LogP contribution in [0.2, 0.25) is 5.02 Å². The Hall–Kier alpha value is -1.81. The van der Waals surface area contributed by atoms with Crippen molar-refractivity contribution in [3.63, 3.8) is 0 Å². The van der Waals surface area contributed by atoms with Gasteiger partial charge in [0.15, 0.2) is 0 Å². The smallest absolute Gasteiger partial charge is 0.256 e. The van der Waals surface area contributed by atoms with Crippen LogP contribution in [0.3, 0.4) is 0 Å². The van der Waals surface area contributed by atoms with E-state index in [9.17, 15) is 4.79 Å². The number of carbonyl (C=O) groups is 1. The molecule has 1 aromatic carbocycles. The molecule has 0 spiro atoms. The fourth-order valence-electron chi connectivity index (χ4n) is 1.29. The quantitative estimate of drug-likeness (QED) is 0.841. The summed E-state index contributed by atoms with van der Waals surface area (Å²) < 4.78 is 0. The van der Waals surface area contributed by atoms with E-state index in [-0.39, 0.29) is 5.91 Å². The molecule has 0 saturated heterocycles. The summed E-state index contributed by atoms with van der Waals surface area (Å²) in [6.45, 7) is 1.86. The van der Waals surface area contributed by atoms with Crippen LogP contribution in [-0.2, 0) is 0 Å². The number of hydrogen-bond donors (Lipinski definition) is 2. The van der Waals surface area contributed by atoms with Gasteiger partial charge in [0, 0.05) is 16.1 Å². The van der Waals surface area contributed by atoms with Crippen LogP contribution in [0, 0.1) is 6.92 Å². The molecule has 0 radical (unpaired) electrons. The van der Waals surface area contributed by atoms with Crippen molar-refractivity contribution in [1.29, 1.82) is 0 Å². The highest BCUT2D eigenvalue weighted by Crippen LogP contribution is 2.14. The van der Waals surface area contributed by atoms with E-state index in [0.717, 1.165) is 5.56 Å². The fraction of sp³-hybridized carbons (Fsp3) is 0.0909. The van der Waals surface area contributed by atoms with Gasteiger partial charge in [-0.2, -0.15) is 5.10 Å². The summed E-state index contributed by atoms with van der Waals surface area (Å²) in [5, 5.41) is 9.78. The highest BCUT2D eigenvalue weighted by Gasteiger charge is 2.08. The highest BCUT2D eigenvalue weighted by molar-refractivity contribution is 6.31. The molecule has 0 aliphatic heterocycles. The number of amides is 1. The zero-order valence-corrected chi connectivity index (χ0v) is 9.38. The normalized spacial score (nSPS) is 10.1. The SMILES string of the molecule is Cc1cn[nH]c1NC(=O)c1cccc(Cl)c1. The molecule has 16 heavy (non-hydrogen) atoms. The van der Waals surface area contributed by atoms with Crippen LogP contribution in [0.1, 0.15) is 15.9 Å². The Kier molecular flexibility index (Phi) is 2.92. The van der Waals surface area contributed by atoms with Gasteiger partial charge in [-0.25, -0.2) is 0 Å². The summed E-state index contributed by atoms with van der Waals surface area (Å²) in [6, 6.07) is 6.77. The van der Waals surface area contributed by atoms with Crippen molar-refractivity contribution in [2.24, 2.45) is 0 Å². The van der Waals surface area contributed by atoms with Gasteiger partial charge in [-0.3, -0.25) is 9.89 Å². The Balaban J connectivity index is 2.18. The monoisotopic (exact) mass is 235 g/mol. The first-order valence-electron chi connectivity index (χ1n) is 4.73. The average Bonchev–Trinajstić information content (AvgIpc) is 2.64.